The van der Waals surface area contributed by atoms with Crippen LogP contribution in [0.2, 0.25) is 0 Å². The van der Waals surface area contributed by atoms with E-state index in [-0.39, 0.29) is 18.4 Å². The third-order valence-electron chi connectivity index (χ3n) is 5.26. The Bertz CT molecular complexity index is 1050. The zero-order valence-electron chi connectivity index (χ0n) is 17.6. The third-order valence-corrected chi connectivity index (χ3v) is 5.26. The molecule has 0 saturated carbocycles. The monoisotopic (exact) mass is 452 g/mol. The van der Waals surface area contributed by atoms with Gasteiger partial charge in [0.2, 0.25) is 23.6 Å². The maximum atomic E-state index is 12.5. The van der Waals surface area contributed by atoms with Gasteiger partial charge < -0.3 is 26.8 Å². The topological polar surface area (TPSA) is 168 Å². The van der Waals surface area contributed by atoms with Crippen molar-refractivity contribution >= 4 is 29.6 Å². The summed E-state index contributed by atoms with van der Waals surface area (Å²) >= 11 is 0. The highest BCUT2D eigenvalue weighted by Gasteiger charge is 2.35. The molecule has 0 unspecified atom stereocenters. The quantitative estimate of drug-likeness (QED) is 0.344. The molecule has 1 saturated heterocycles. The van der Waals surface area contributed by atoms with Crippen LogP contribution < -0.4 is 21.7 Å². The van der Waals surface area contributed by atoms with Gasteiger partial charge in [0.15, 0.2) is 0 Å². The van der Waals surface area contributed by atoms with Crippen LogP contribution in [0.1, 0.15) is 27.9 Å². The largest absolute Gasteiger partial charge is 0.478 e. The molecule has 0 spiro atoms. The molecule has 33 heavy (non-hydrogen) atoms. The predicted molar refractivity (Wildman–Crippen MR) is 117 cm³/mol. The minimum Gasteiger partial charge on any atom is -0.478 e. The summed E-state index contributed by atoms with van der Waals surface area (Å²) in [7, 11) is 0. The molecule has 2 aromatic rings. The van der Waals surface area contributed by atoms with Crippen molar-refractivity contribution in [1.29, 1.82) is 0 Å². The van der Waals surface area contributed by atoms with Crippen molar-refractivity contribution in [1.82, 2.24) is 16.0 Å². The van der Waals surface area contributed by atoms with Crippen LogP contribution in [0.3, 0.4) is 0 Å². The number of carboxylic acid groups (broad SMARTS) is 1. The highest BCUT2D eigenvalue weighted by molar-refractivity contribution is 5.99. The number of hydrogen-bond acceptors (Lipinski definition) is 5. The molecule has 6 N–H and O–H groups in total. The molecule has 0 aliphatic carbocycles. The number of primary amides is 1. The summed E-state index contributed by atoms with van der Waals surface area (Å²) in [6, 6.07) is 12.1. The molecule has 10 heteroatoms. The molecule has 0 radical (unpaired) electrons. The minimum atomic E-state index is -1.08. The van der Waals surface area contributed by atoms with E-state index in [0.717, 1.165) is 5.56 Å². The second-order valence-electron chi connectivity index (χ2n) is 7.74. The first-order valence-corrected chi connectivity index (χ1v) is 10.3. The highest BCUT2D eigenvalue weighted by atomic mass is 16.4. The van der Waals surface area contributed by atoms with Crippen molar-refractivity contribution in [3.05, 3.63) is 71.3 Å². The summed E-state index contributed by atoms with van der Waals surface area (Å²) in [6.45, 7) is 0. The second-order valence-corrected chi connectivity index (χ2v) is 7.74. The Morgan fingerprint density at radius 3 is 2.12 bits per heavy atom. The average Bonchev–Trinajstić information content (AvgIpc) is 2.77. The summed E-state index contributed by atoms with van der Waals surface area (Å²) in [5.74, 6) is -3.40. The predicted octanol–water partition coefficient (Wildman–Crippen LogP) is -0.487. The molecular formula is C23H24N4O6. The van der Waals surface area contributed by atoms with Crippen molar-refractivity contribution in [2.45, 2.75) is 37.4 Å². The van der Waals surface area contributed by atoms with Crippen LogP contribution in [0, 0.1) is 0 Å². The fourth-order valence-electron chi connectivity index (χ4n) is 3.49. The molecule has 1 heterocycles. The lowest BCUT2D eigenvalue weighted by Gasteiger charge is -2.29. The first-order chi connectivity index (χ1) is 15.7. The van der Waals surface area contributed by atoms with Gasteiger partial charge in [-0.2, -0.15) is 0 Å². The Hall–Kier alpha value is -4.21. The number of amides is 4. The van der Waals surface area contributed by atoms with Gasteiger partial charge in [-0.3, -0.25) is 19.2 Å². The van der Waals surface area contributed by atoms with Crippen molar-refractivity contribution in [2.24, 2.45) is 5.73 Å². The molecule has 3 rings (SSSR count). The van der Waals surface area contributed by atoms with Crippen LogP contribution in [-0.4, -0.2) is 52.8 Å². The second kappa shape index (κ2) is 10.4. The fourth-order valence-corrected chi connectivity index (χ4v) is 3.49. The van der Waals surface area contributed by atoms with Crippen LogP contribution in [0.5, 0.6) is 0 Å². The van der Waals surface area contributed by atoms with Crippen molar-refractivity contribution in [2.75, 3.05) is 0 Å². The number of carbonyl (C=O) groups is 5. The molecule has 4 amide bonds. The number of carboxylic acids is 1. The van der Waals surface area contributed by atoms with Crippen LogP contribution in [0.25, 0.3) is 0 Å². The lowest BCUT2D eigenvalue weighted by Crippen LogP contribution is -2.63. The number of carbonyl (C=O) groups excluding carboxylic acids is 4. The number of aromatic carboxylic acids is 1. The molecule has 0 aromatic heterocycles. The van der Waals surface area contributed by atoms with Gasteiger partial charge in [-0.25, -0.2) is 4.79 Å². The van der Waals surface area contributed by atoms with Gasteiger partial charge in [0, 0.05) is 12.8 Å². The van der Waals surface area contributed by atoms with Crippen molar-refractivity contribution in [3.8, 4) is 0 Å². The van der Waals surface area contributed by atoms with Crippen LogP contribution in [-0.2, 0) is 32.0 Å². The van der Waals surface area contributed by atoms with Gasteiger partial charge in [-0.15, -0.1) is 0 Å². The number of nitrogens with one attached hydrogen (secondary N) is 3. The summed E-state index contributed by atoms with van der Waals surface area (Å²) < 4.78 is 0. The lowest BCUT2D eigenvalue weighted by atomic mass is 10.0. The van der Waals surface area contributed by atoms with Crippen LogP contribution >= 0.6 is 0 Å². The van der Waals surface area contributed by atoms with E-state index >= 15 is 0 Å². The van der Waals surface area contributed by atoms with Crippen LogP contribution in [0.15, 0.2) is 54.6 Å². The Kier molecular flexibility index (Phi) is 7.39. The number of benzene rings is 2. The summed E-state index contributed by atoms with van der Waals surface area (Å²) in [6.07, 6.45) is 0.00243. The first kappa shape index (κ1) is 23.5. The molecule has 1 aliphatic rings. The maximum Gasteiger partial charge on any atom is 0.335 e. The summed E-state index contributed by atoms with van der Waals surface area (Å²) in [5, 5.41) is 16.6. The summed E-state index contributed by atoms with van der Waals surface area (Å²) in [5.41, 5.74) is 6.95. The number of piperazine rings is 1. The van der Waals surface area contributed by atoms with Crippen molar-refractivity contribution in [3.63, 3.8) is 0 Å². The Labute approximate surface area is 189 Å². The third kappa shape index (κ3) is 6.39. The summed E-state index contributed by atoms with van der Waals surface area (Å²) in [4.78, 5) is 60.0. The molecule has 2 aromatic carbocycles. The Morgan fingerprint density at radius 2 is 1.52 bits per heavy atom. The average molecular weight is 452 g/mol. The molecule has 172 valence electrons. The molecule has 10 nitrogen and oxygen atoms in total. The normalized spacial score (nSPS) is 18.5. The van der Waals surface area contributed by atoms with Gasteiger partial charge >= 0.3 is 5.97 Å². The van der Waals surface area contributed by atoms with E-state index < -0.39 is 47.7 Å². The van der Waals surface area contributed by atoms with E-state index in [1.54, 1.807) is 0 Å². The Balaban J connectivity index is 1.56. The molecular weight excluding hydrogens is 428 g/mol. The van der Waals surface area contributed by atoms with E-state index in [1.807, 2.05) is 30.3 Å². The maximum absolute atomic E-state index is 12.5. The smallest absolute Gasteiger partial charge is 0.335 e. The number of rotatable bonds is 9. The SMILES string of the molecule is NC(=O)[C@@H](Cc1ccc(C(=O)O)cc1)NC(=O)C[C@@H]1NC(=O)[C@H](Cc2ccccc2)NC1=O. The Morgan fingerprint density at radius 1 is 0.909 bits per heavy atom. The van der Waals surface area contributed by atoms with Crippen LogP contribution in [0.4, 0.5) is 0 Å². The van der Waals surface area contributed by atoms with Crippen molar-refractivity contribution < 1.29 is 29.1 Å². The van der Waals surface area contributed by atoms with Gasteiger partial charge in [0.05, 0.1) is 12.0 Å². The fraction of sp³-hybridized carbons (Fsp3) is 0.261. The standard InChI is InChI=1S/C23H24N4O6/c24-20(29)16(10-14-6-8-15(9-7-14)23(32)33)25-19(28)12-18-22(31)26-17(21(30)27-18)11-13-4-2-1-3-5-13/h1-9,16-18H,10-12H2,(H2,24,29)(H,25,28)(H,26,31)(H,27,30)(H,32,33)/t16-,17+,18+/m1/s1. The van der Waals surface area contributed by atoms with E-state index in [2.05, 4.69) is 16.0 Å². The zero-order valence-corrected chi connectivity index (χ0v) is 17.6. The van der Waals surface area contributed by atoms with Gasteiger partial charge in [-0.1, -0.05) is 42.5 Å². The molecule has 1 fully saturated rings. The zero-order chi connectivity index (χ0) is 24.0. The van der Waals surface area contributed by atoms with E-state index in [1.165, 1.54) is 24.3 Å². The number of nitrogens with two attached hydrogens (primary N) is 1. The van der Waals surface area contributed by atoms with E-state index in [0.29, 0.717) is 12.0 Å². The highest BCUT2D eigenvalue weighted by Crippen LogP contribution is 2.10. The minimum absolute atomic E-state index is 0.0450. The first-order valence-electron chi connectivity index (χ1n) is 10.3. The lowest BCUT2D eigenvalue weighted by molar-refractivity contribution is -0.138. The molecule has 1 aliphatic heterocycles. The van der Waals surface area contributed by atoms with Gasteiger partial charge in [0.25, 0.3) is 0 Å². The van der Waals surface area contributed by atoms with Gasteiger partial charge in [0.1, 0.15) is 18.1 Å². The van der Waals surface area contributed by atoms with E-state index in [4.69, 9.17) is 10.8 Å². The number of hydrogen-bond donors (Lipinski definition) is 5. The molecule has 0 bridgehead atoms. The molecule has 3 atom stereocenters. The van der Waals surface area contributed by atoms with Gasteiger partial charge in [-0.05, 0) is 23.3 Å². The van der Waals surface area contributed by atoms with E-state index in [9.17, 15) is 24.0 Å².